The number of ether oxygens (including phenoxy) is 1. The summed E-state index contributed by atoms with van der Waals surface area (Å²) < 4.78 is 7.79. The number of imidazole rings is 1. The van der Waals surface area contributed by atoms with Crippen LogP contribution in [0, 0.1) is 5.92 Å². The quantitative estimate of drug-likeness (QED) is 0.659. The van der Waals surface area contributed by atoms with Gasteiger partial charge in [-0.2, -0.15) is 0 Å². The Balaban J connectivity index is 1.86. The Morgan fingerprint density at radius 3 is 2.86 bits per heavy atom. The van der Waals surface area contributed by atoms with Crippen molar-refractivity contribution in [2.75, 3.05) is 18.9 Å². The van der Waals surface area contributed by atoms with Crippen LogP contribution in [0.3, 0.4) is 0 Å². The number of rotatable bonds is 5. The summed E-state index contributed by atoms with van der Waals surface area (Å²) in [6.07, 6.45) is 5.59. The highest BCUT2D eigenvalue weighted by molar-refractivity contribution is 6.07. The topological polar surface area (TPSA) is 103 Å². The minimum absolute atomic E-state index is 0.405. The lowest BCUT2D eigenvalue weighted by Gasteiger charge is -2.23. The molecule has 3 aromatic rings. The molecule has 1 fully saturated rings. The first-order chi connectivity index (χ1) is 13.6. The van der Waals surface area contributed by atoms with Gasteiger partial charge in [0, 0.05) is 37.6 Å². The van der Waals surface area contributed by atoms with E-state index in [2.05, 4.69) is 16.5 Å². The number of aromatic nitrogens is 3. The smallest absolute Gasteiger partial charge is 0.328 e. The summed E-state index contributed by atoms with van der Waals surface area (Å²) in [5.74, 6) is 0.989. The number of benzene rings is 1. The highest BCUT2D eigenvalue weighted by Crippen LogP contribution is 2.31. The number of aliphatic carboxylic acids is 1. The predicted octanol–water partition coefficient (Wildman–Crippen LogP) is 3.25. The van der Waals surface area contributed by atoms with Crippen LogP contribution in [0.25, 0.3) is 28.0 Å². The van der Waals surface area contributed by atoms with E-state index in [0.717, 1.165) is 78.4 Å². The van der Waals surface area contributed by atoms with Crippen molar-refractivity contribution in [1.82, 2.24) is 14.5 Å². The van der Waals surface area contributed by atoms with E-state index in [1.807, 2.05) is 18.2 Å². The van der Waals surface area contributed by atoms with Crippen molar-refractivity contribution in [3.63, 3.8) is 0 Å². The molecule has 0 amide bonds. The zero-order valence-electron chi connectivity index (χ0n) is 15.9. The number of hydrogen-bond donors (Lipinski definition) is 2. The predicted molar refractivity (Wildman–Crippen MR) is 109 cm³/mol. The van der Waals surface area contributed by atoms with Crippen molar-refractivity contribution in [1.29, 1.82) is 0 Å². The second-order valence-electron chi connectivity index (χ2n) is 7.19. The molecule has 3 N–H and O–H groups in total. The second-order valence-corrected chi connectivity index (χ2v) is 7.19. The molecule has 1 saturated heterocycles. The molecule has 0 bridgehead atoms. The lowest BCUT2D eigenvalue weighted by Crippen LogP contribution is -2.21. The van der Waals surface area contributed by atoms with Crippen molar-refractivity contribution in [3.05, 3.63) is 35.7 Å². The number of carboxylic acids is 1. The van der Waals surface area contributed by atoms with Crippen molar-refractivity contribution in [3.8, 4) is 0 Å². The van der Waals surface area contributed by atoms with Crippen molar-refractivity contribution in [2.24, 2.45) is 5.92 Å². The fourth-order valence-electron chi connectivity index (χ4n) is 3.90. The number of nitrogens with two attached hydrogens (primary N) is 1. The largest absolute Gasteiger partial charge is 0.478 e. The molecule has 0 unspecified atom stereocenters. The maximum atomic E-state index is 10.8. The van der Waals surface area contributed by atoms with Gasteiger partial charge in [-0.25, -0.2) is 14.8 Å². The molecule has 2 aromatic heterocycles. The summed E-state index contributed by atoms with van der Waals surface area (Å²) in [7, 11) is 0. The molecule has 0 aliphatic carbocycles. The monoisotopic (exact) mass is 380 g/mol. The third kappa shape index (κ3) is 3.45. The summed E-state index contributed by atoms with van der Waals surface area (Å²) in [6.45, 7) is 4.61. The van der Waals surface area contributed by atoms with E-state index >= 15 is 0 Å². The van der Waals surface area contributed by atoms with Gasteiger partial charge in [0.2, 0.25) is 0 Å². The minimum atomic E-state index is -0.981. The van der Waals surface area contributed by atoms with Gasteiger partial charge in [0.25, 0.3) is 0 Å². The van der Waals surface area contributed by atoms with Gasteiger partial charge in [-0.1, -0.05) is 19.1 Å². The van der Waals surface area contributed by atoms with Gasteiger partial charge in [-0.05, 0) is 36.5 Å². The van der Waals surface area contributed by atoms with Crippen LogP contribution < -0.4 is 5.73 Å². The molecule has 0 saturated carbocycles. The first-order valence-corrected chi connectivity index (χ1v) is 9.64. The standard InChI is InChI=1S/C21H24N4O3/c1-2-17-24-19-20(25(17)12-14-7-9-28-10-8-14)15-5-3-13(4-6-18(26)27)11-16(15)23-21(19)22/h3-6,11,14H,2,7-10,12H2,1H3,(H2,22,23)(H,26,27). The molecule has 1 aromatic carbocycles. The summed E-state index contributed by atoms with van der Waals surface area (Å²) in [5, 5.41) is 9.83. The van der Waals surface area contributed by atoms with Crippen molar-refractivity contribution in [2.45, 2.75) is 32.7 Å². The van der Waals surface area contributed by atoms with E-state index in [0.29, 0.717) is 11.7 Å². The van der Waals surface area contributed by atoms with Crippen molar-refractivity contribution < 1.29 is 14.6 Å². The Hall–Kier alpha value is -2.93. The van der Waals surface area contributed by atoms with E-state index in [1.165, 1.54) is 0 Å². The van der Waals surface area contributed by atoms with Gasteiger partial charge in [0.15, 0.2) is 5.82 Å². The number of nitrogens with zero attached hydrogens (tertiary/aromatic N) is 3. The fourth-order valence-corrected chi connectivity index (χ4v) is 3.90. The van der Waals surface area contributed by atoms with E-state index in [-0.39, 0.29) is 0 Å². The van der Waals surface area contributed by atoms with Crippen LogP contribution in [0.4, 0.5) is 5.82 Å². The summed E-state index contributed by atoms with van der Waals surface area (Å²) in [4.78, 5) is 20.1. The van der Waals surface area contributed by atoms with Crippen LogP contribution in [0.1, 0.15) is 31.2 Å². The van der Waals surface area contributed by atoms with Gasteiger partial charge < -0.3 is 20.1 Å². The number of anilines is 1. The lowest BCUT2D eigenvalue weighted by atomic mass is 10.00. The van der Waals surface area contributed by atoms with E-state index in [9.17, 15) is 4.79 Å². The highest BCUT2D eigenvalue weighted by Gasteiger charge is 2.21. The van der Waals surface area contributed by atoms with Crippen molar-refractivity contribution >= 4 is 39.8 Å². The number of aryl methyl sites for hydroxylation is 1. The third-order valence-electron chi connectivity index (χ3n) is 5.32. The molecular formula is C21H24N4O3. The van der Waals surface area contributed by atoms with Crippen LogP contribution in [0.15, 0.2) is 24.3 Å². The normalized spacial score (nSPS) is 15.8. The maximum absolute atomic E-state index is 10.8. The minimum Gasteiger partial charge on any atom is -0.478 e. The Labute approximate surface area is 162 Å². The molecule has 4 rings (SSSR count). The molecule has 1 aliphatic heterocycles. The van der Waals surface area contributed by atoms with Crippen LogP contribution in [-0.2, 0) is 22.5 Å². The molecule has 0 radical (unpaired) electrons. The van der Waals surface area contributed by atoms with Crippen LogP contribution in [-0.4, -0.2) is 38.8 Å². The Morgan fingerprint density at radius 1 is 1.36 bits per heavy atom. The number of pyridine rings is 1. The average molecular weight is 380 g/mol. The summed E-state index contributed by atoms with van der Waals surface area (Å²) in [5.41, 5.74) is 9.51. The van der Waals surface area contributed by atoms with Gasteiger partial charge >= 0.3 is 5.97 Å². The molecule has 7 heteroatoms. The molecule has 0 atom stereocenters. The van der Waals surface area contributed by atoms with E-state index in [4.69, 9.17) is 20.6 Å². The number of nitrogen functional groups attached to an aromatic ring is 1. The molecule has 3 heterocycles. The Kier molecular flexibility index (Phi) is 5.00. The number of carbonyl (C=O) groups is 1. The number of fused-ring (bicyclic) bond motifs is 3. The third-order valence-corrected chi connectivity index (χ3v) is 5.32. The summed E-state index contributed by atoms with van der Waals surface area (Å²) >= 11 is 0. The van der Waals surface area contributed by atoms with E-state index < -0.39 is 5.97 Å². The average Bonchev–Trinajstić information content (AvgIpc) is 3.06. The first kappa shape index (κ1) is 18.4. The molecule has 28 heavy (non-hydrogen) atoms. The van der Waals surface area contributed by atoms with Gasteiger partial charge in [0.1, 0.15) is 11.3 Å². The van der Waals surface area contributed by atoms with Gasteiger partial charge in [-0.15, -0.1) is 0 Å². The van der Waals surface area contributed by atoms with Gasteiger partial charge in [0.05, 0.1) is 11.0 Å². The molecular weight excluding hydrogens is 356 g/mol. The van der Waals surface area contributed by atoms with Gasteiger partial charge in [-0.3, -0.25) is 0 Å². The SMILES string of the molecule is CCc1nc2c(N)nc3cc(C=CC(=O)O)ccc3c2n1CC1CCOCC1. The zero-order valence-corrected chi connectivity index (χ0v) is 15.9. The lowest BCUT2D eigenvalue weighted by molar-refractivity contribution is -0.131. The molecule has 0 spiro atoms. The molecule has 1 aliphatic rings. The molecule has 7 nitrogen and oxygen atoms in total. The Morgan fingerprint density at radius 2 is 2.14 bits per heavy atom. The second kappa shape index (κ2) is 7.59. The van der Waals surface area contributed by atoms with Crippen LogP contribution >= 0.6 is 0 Å². The number of carboxylic acid groups (broad SMARTS) is 1. The first-order valence-electron chi connectivity index (χ1n) is 9.64. The van der Waals surface area contributed by atoms with Crippen LogP contribution in [0.2, 0.25) is 0 Å². The molecule has 146 valence electrons. The fraction of sp³-hybridized carbons (Fsp3) is 0.381. The highest BCUT2D eigenvalue weighted by atomic mass is 16.5. The zero-order chi connectivity index (χ0) is 19.7. The number of hydrogen-bond acceptors (Lipinski definition) is 5. The van der Waals surface area contributed by atoms with E-state index in [1.54, 1.807) is 6.08 Å². The Bertz CT molecular complexity index is 1060. The van der Waals surface area contributed by atoms with Crippen LogP contribution in [0.5, 0.6) is 0 Å². The maximum Gasteiger partial charge on any atom is 0.328 e. The summed E-state index contributed by atoms with van der Waals surface area (Å²) in [6, 6.07) is 5.74.